The summed E-state index contributed by atoms with van der Waals surface area (Å²) in [5.74, 6) is 0.0512. The number of nitrogens with one attached hydrogen (secondary N) is 2. The fourth-order valence-electron chi connectivity index (χ4n) is 1.91. The van der Waals surface area contributed by atoms with Gasteiger partial charge in [-0.2, -0.15) is 5.10 Å². The Kier molecular flexibility index (Phi) is 5.68. The summed E-state index contributed by atoms with van der Waals surface area (Å²) in [7, 11) is 1.57. The molecule has 2 N–H and O–H groups in total. The van der Waals surface area contributed by atoms with Crippen LogP contribution < -0.4 is 15.5 Å². The van der Waals surface area contributed by atoms with Gasteiger partial charge in [0.25, 0.3) is 5.91 Å². The van der Waals surface area contributed by atoms with E-state index in [4.69, 9.17) is 4.74 Å². The van der Waals surface area contributed by atoms with Crippen LogP contribution in [0, 0.1) is 5.82 Å². The first-order chi connectivity index (χ1) is 11.1. The van der Waals surface area contributed by atoms with Gasteiger partial charge in [0.1, 0.15) is 11.6 Å². The van der Waals surface area contributed by atoms with Crippen molar-refractivity contribution in [2.45, 2.75) is 6.92 Å². The minimum atomic E-state index is -0.313. The van der Waals surface area contributed by atoms with Crippen LogP contribution in [-0.2, 0) is 4.79 Å². The molecular formula is C17H18FN3O2. The second-order valence-corrected chi connectivity index (χ2v) is 4.79. The standard InChI is InChI=1S/C17H18FN3O2/c1-12(13-7-9-14(18)10-8-13)20-21-17(22)11-19-15-5-3-4-6-16(15)23-2/h3-10,19H,11H2,1-2H3,(H,21,22)/b20-12-. The molecule has 0 saturated heterocycles. The predicted molar refractivity (Wildman–Crippen MR) is 88.2 cm³/mol. The molecule has 0 aliphatic carbocycles. The van der Waals surface area contributed by atoms with Crippen molar-refractivity contribution >= 4 is 17.3 Å². The molecule has 0 heterocycles. The molecule has 0 fully saturated rings. The van der Waals surface area contributed by atoms with Crippen molar-refractivity contribution in [2.75, 3.05) is 19.0 Å². The van der Waals surface area contributed by atoms with Gasteiger partial charge < -0.3 is 10.1 Å². The van der Waals surface area contributed by atoms with Gasteiger partial charge in [-0.1, -0.05) is 24.3 Å². The number of halogens is 1. The normalized spacial score (nSPS) is 11.0. The third kappa shape index (κ3) is 4.81. The molecule has 120 valence electrons. The number of amides is 1. The largest absolute Gasteiger partial charge is 0.495 e. The number of nitrogens with zero attached hydrogens (tertiary/aromatic N) is 1. The first-order valence-corrected chi connectivity index (χ1v) is 7.06. The van der Waals surface area contributed by atoms with Gasteiger partial charge in [0.2, 0.25) is 0 Å². The Morgan fingerprint density at radius 3 is 2.57 bits per heavy atom. The van der Waals surface area contributed by atoms with Crippen LogP contribution in [0.4, 0.5) is 10.1 Å². The summed E-state index contributed by atoms with van der Waals surface area (Å²) in [4.78, 5) is 11.8. The molecule has 0 aromatic heterocycles. The van der Waals surface area contributed by atoms with Crippen molar-refractivity contribution in [3.05, 3.63) is 59.9 Å². The Morgan fingerprint density at radius 1 is 1.17 bits per heavy atom. The number of hydrogen-bond donors (Lipinski definition) is 2. The van der Waals surface area contributed by atoms with Crippen molar-refractivity contribution in [2.24, 2.45) is 5.10 Å². The van der Waals surface area contributed by atoms with Crippen molar-refractivity contribution in [1.29, 1.82) is 0 Å². The van der Waals surface area contributed by atoms with Crippen molar-refractivity contribution in [3.8, 4) is 5.75 Å². The number of hydrogen-bond acceptors (Lipinski definition) is 4. The molecular weight excluding hydrogens is 297 g/mol. The fourth-order valence-corrected chi connectivity index (χ4v) is 1.91. The average molecular weight is 315 g/mol. The van der Waals surface area contributed by atoms with E-state index in [1.165, 1.54) is 12.1 Å². The van der Waals surface area contributed by atoms with Crippen LogP contribution in [-0.4, -0.2) is 25.3 Å². The molecule has 0 saturated carbocycles. The summed E-state index contributed by atoms with van der Waals surface area (Å²) in [5.41, 5.74) is 4.51. The van der Waals surface area contributed by atoms with Gasteiger partial charge >= 0.3 is 0 Å². The highest BCUT2D eigenvalue weighted by atomic mass is 19.1. The number of ether oxygens (including phenoxy) is 1. The van der Waals surface area contributed by atoms with E-state index >= 15 is 0 Å². The maximum atomic E-state index is 12.9. The molecule has 0 aliphatic rings. The maximum absolute atomic E-state index is 12.9. The number of carbonyl (C=O) groups is 1. The number of carbonyl (C=O) groups excluding carboxylic acids is 1. The van der Waals surface area contributed by atoms with Crippen LogP contribution in [0.15, 0.2) is 53.6 Å². The third-order valence-corrected chi connectivity index (χ3v) is 3.16. The second-order valence-electron chi connectivity index (χ2n) is 4.79. The van der Waals surface area contributed by atoms with Crippen LogP contribution in [0.5, 0.6) is 5.75 Å². The predicted octanol–water partition coefficient (Wildman–Crippen LogP) is 2.79. The van der Waals surface area contributed by atoms with Crippen molar-refractivity contribution in [1.82, 2.24) is 5.43 Å². The molecule has 6 heteroatoms. The lowest BCUT2D eigenvalue weighted by atomic mass is 10.1. The molecule has 5 nitrogen and oxygen atoms in total. The summed E-state index contributed by atoms with van der Waals surface area (Å²) in [6.45, 7) is 1.79. The van der Waals surface area contributed by atoms with Crippen molar-refractivity contribution < 1.29 is 13.9 Å². The molecule has 23 heavy (non-hydrogen) atoms. The number of benzene rings is 2. The van der Waals surface area contributed by atoms with Crippen LogP contribution in [0.2, 0.25) is 0 Å². The number of hydrazone groups is 1. The van der Waals surface area contributed by atoms with Crippen LogP contribution in [0.3, 0.4) is 0 Å². The SMILES string of the molecule is COc1ccccc1NCC(=O)N/N=C(/C)c1ccc(F)cc1. The Balaban J connectivity index is 1.89. The Morgan fingerprint density at radius 2 is 1.87 bits per heavy atom. The quantitative estimate of drug-likeness (QED) is 0.636. The molecule has 1 amide bonds. The van der Waals surface area contributed by atoms with Crippen molar-refractivity contribution in [3.63, 3.8) is 0 Å². The van der Waals surface area contributed by atoms with Gasteiger partial charge in [-0.25, -0.2) is 9.82 Å². The van der Waals surface area contributed by atoms with E-state index in [9.17, 15) is 9.18 Å². The Hall–Kier alpha value is -2.89. The molecule has 0 spiro atoms. The summed E-state index contributed by atoms with van der Waals surface area (Å²) >= 11 is 0. The van der Waals surface area contributed by atoms with E-state index in [0.717, 1.165) is 11.3 Å². The molecule has 0 atom stereocenters. The highest BCUT2D eigenvalue weighted by molar-refractivity contribution is 5.99. The zero-order chi connectivity index (χ0) is 16.7. The highest BCUT2D eigenvalue weighted by Crippen LogP contribution is 2.22. The maximum Gasteiger partial charge on any atom is 0.259 e. The number of para-hydroxylation sites is 2. The molecule has 2 rings (SSSR count). The minimum absolute atomic E-state index is 0.0561. The van der Waals surface area contributed by atoms with E-state index in [2.05, 4.69) is 15.8 Å². The number of anilines is 1. The van der Waals surface area contributed by atoms with E-state index in [1.807, 2.05) is 18.2 Å². The van der Waals surface area contributed by atoms with Gasteiger partial charge in [-0.15, -0.1) is 0 Å². The minimum Gasteiger partial charge on any atom is -0.495 e. The van der Waals surface area contributed by atoms with E-state index < -0.39 is 0 Å². The highest BCUT2D eigenvalue weighted by Gasteiger charge is 2.05. The Labute approximate surface area is 134 Å². The second kappa shape index (κ2) is 7.93. The van der Waals surface area contributed by atoms with Crippen LogP contribution in [0.25, 0.3) is 0 Å². The van der Waals surface area contributed by atoms with E-state index in [-0.39, 0.29) is 18.3 Å². The Bertz CT molecular complexity index is 699. The lowest BCUT2D eigenvalue weighted by Crippen LogP contribution is -2.26. The summed E-state index contributed by atoms with van der Waals surface area (Å²) in [6, 6.07) is 13.2. The van der Waals surface area contributed by atoms with E-state index in [1.54, 1.807) is 32.2 Å². The average Bonchev–Trinajstić information content (AvgIpc) is 2.58. The first-order valence-electron chi connectivity index (χ1n) is 7.06. The van der Waals surface area contributed by atoms with Crippen LogP contribution >= 0.6 is 0 Å². The zero-order valence-corrected chi connectivity index (χ0v) is 13.0. The van der Waals surface area contributed by atoms with Crippen LogP contribution in [0.1, 0.15) is 12.5 Å². The lowest BCUT2D eigenvalue weighted by Gasteiger charge is -2.10. The lowest BCUT2D eigenvalue weighted by molar-refractivity contribution is -0.119. The fraction of sp³-hybridized carbons (Fsp3) is 0.176. The molecule has 2 aromatic carbocycles. The van der Waals surface area contributed by atoms with Gasteiger partial charge in [-0.05, 0) is 36.8 Å². The molecule has 0 unspecified atom stereocenters. The molecule has 0 radical (unpaired) electrons. The summed E-state index contributed by atoms with van der Waals surface area (Å²) in [6.07, 6.45) is 0. The third-order valence-electron chi connectivity index (χ3n) is 3.16. The van der Waals surface area contributed by atoms with Gasteiger partial charge in [-0.3, -0.25) is 4.79 Å². The topological polar surface area (TPSA) is 62.7 Å². The molecule has 0 aliphatic heterocycles. The summed E-state index contributed by atoms with van der Waals surface area (Å²) < 4.78 is 18.1. The van der Waals surface area contributed by atoms with Gasteiger partial charge in [0.05, 0.1) is 25.1 Å². The first kappa shape index (κ1) is 16.5. The van der Waals surface area contributed by atoms with Gasteiger partial charge in [0.15, 0.2) is 0 Å². The van der Waals surface area contributed by atoms with Gasteiger partial charge in [0, 0.05) is 0 Å². The zero-order valence-electron chi connectivity index (χ0n) is 13.0. The molecule has 2 aromatic rings. The number of methoxy groups -OCH3 is 1. The smallest absolute Gasteiger partial charge is 0.259 e. The number of rotatable bonds is 6. The van der Waals surface area contributed by atoms with E-state index in [0.29, 0.717) is 11.5 Å². The molecule has 0 bridgehead atoms. The summed E-state index contributed by atoms with van der Waals surface area (Å²) in [5, 5.41) is 6.98. The monoisotopic (exact) mass is 315 g/mol.